The molecular weight excluding hydrogens is 1050 g/mol. The highest BCUT2D eigenvalue weighted by Crippen LogP contribution is 2.24. The molecule has 0 bridgehead atoms. The van der Waals surface area contributed by atoms with Crippen molar-refractivity contribution < 1.29 is 88.5 Å². The van der Waals surface area contributed by atoms with Gasteiger partial charge in [-0.05, 0) is 81.0 Å². The van der Waals surface area contributed by atoms with Crippen LogP contribution >= 0.6 is 12.6 Å². The maximum Gasteiger partial charge on any atom is 0.326 e. The van der Waals surface area contributed by atoms with Crippen molar-refractivity contribution in [2.75, 3.05) is 45.0 Å². The van der Waals surface area contributed by atoms with Crippen LogP contribution in [0.3, 0.4) is 0 Å². The van der Waals surface area contributed by atoms with E-state index in [9.17, 15) is 83.4 Å². The zero-order valence-electron chi connectivity index (χ0n) is 44.5. The molecule has 0 spiro atoms. The Morgan fingerprint density at radius 1 is 0.519 bits per heavy atom. The predicted molar refractivity (Wildman–Crippen MR) is 288 cm³/mol. The Balaban J connectivity index is 1.80. The van der Waals surface area contributed by atoms with Crippen LogP contribution < -0.4 is 26.6 Å². The van der Waals surface area contributed by atoms with Crippen molar-refractivity contribution in [3.05, 3.63) is 58.7 Å². The second-order valence-electron chi connectivity index (χ2n) is 19.1. The summed E-state index contributed by atoms with van der Waals surface area (Å²) in [6, 6.07) is 4.90. The molecule has 3 atom stereocenters. The number of hydrogen-bond donors (Lipinski definition) is 13. The fourth-order valence-electron chi connectivity index (χ4n) is 8.19. The number of phenolic OH excluding ortho intramolecular Hbond substituents is 2. The summed E-state index contributed by atoms with van der Waals surface area (Å²) < 4.78 is 0. The number of unbranched alkanes of at least 4 members (excludes halogenated alkanes) is 4. The summed E-state index contributed by atoms with van der Waals surface area (Å²) in [6.07, 6.45) is 4.63. The van der Waals surface area contributed by atoms with Gasteiger partial charge < -0.3 is 62.3 Å². The molecule has 0 aliphatic carbocycles. The molecule has 2 aromatic rings. The molecule has 0 aliphatic heterocycles. The van der Waals surface area contributed by atoms with E-state index in [-0.39, 0.29) is 112 Å². The van der Waals surface area contributed by atoms with Gasteiger partial charge in [0.1, 0.15) is 41.2 Å². The van der Waals surface area contributed by atoms with Gasteiger partial charge >= 0.3 is 35.9 Å². The highest BCUT2D eigenvalue weighted by Gasteiger charge is 2.25. The number of ketones is 2. The number of carbonyl (C=O) groups is 11. The number of urea groups is 1. The van der Waals surface area contributed by atoms with E-state index in [0.717, 1.165) is 11.1 Å². The Kier molecular flexibility index (Phi) is 32.2. The number of phenols is 2. The van der Waals surface area contributed by atoms with Crippen LogP contribution in [0.5, 0.6) is 11.5 Å². The third-order valence-corrected chi connectivity index (χ3v) is 12.8. The second kappa shape index (κ2) is 37.5. The standard InChI is InChI=1S/C53H77N7O18S/c1-34(61)56-43(33-79)50(73)55-24-8-10-40(63)18-14-36-16-21-45(65)38(28-36)30-60(32-49(71)72)26-25-59(31-48(69)70)29-37-27-35(15-20-44(37)64)13-17-39(62)9-4-2-3-5-12-46(66)54-23-7-6-11-41(51(74)75)57-53(78)58-42(52(76)77)19-22-47(67)68/h15-16,20-21,27-28,41-43,64-65,79H,2-14,17-19,22-26,29-33H2,1H3,(H,54,66)(H,55,73)(H,56,61)(H,67,68)(H,69,70)(H,71,72)(H,74,75)(H,76,77)(H2,57,58,78). The molecule has 12 N–H and O–H groups in total. The molecule has 3 unspecified atom stereocenters. The Morgan fingerprint density at radius 3 is 1.47 bits per heavy atom. The molecule has 26 heteroatoms. The number of benzene rings is 2. The lowest BCUT2D eigenvalue weighted by Crippen LogP contribution is -2.51. The molecule has 0 heterocycles. The number of carboxylic acid groups (broad SMARTS) is 5. The molecule has 2 rings (SSSR count). The van der Waals surface area contributed by atoms with Crippen LogP contribution in [-0.2, 0) is 73.9 Å². The van der Waals surface area contributed by atoms with Crippen LogP contribution in [0.1, 0.15) is 125 Å². The Morgan fingerprint density at radius 2 is 1.00 bits per heavy atom. The summed E-state index contributed by atoms with van der Waals surface area (Å²) in [5.74, 6) is -7.48. The van der Waals surface area contributed by atoms with Crippen LogP contribution in [0.15, 0.2) is 36.4 Å². The van der Waals surface area contributed by atoms with Crippen molar-refractivity contribution >= 4 is 77.8 Å². The van der Waals surface area contributed by atoms with Gasteiger partial charge in [0, 0.05) is 102 Å². The van der Waals surface area contributed by atoms with Gasteiger partial charge in [-0.1, -0.05) is 37.1 Å². The van der Waals surface area contributed by atoms with E-state index < -0.39 is 85.8 Å². The van der Waals surface area contributed by atoms with E-state index >= 15 is 0 Å². The Labute approximate surface area is 463 Å². The zero-order chi connectivity index (χ0) is 58.9. The molecule has 0 fully saturated rings. The predicted octanol–water partition coefficient (Wildman–Crippen LogP) is 2.60. The molecule has 5 amide bonds. The minimum atomic E-state index is -1.52. The Bertz CT molecular complexity index is 2390. The van der Waals surface area contributed by atoms with E-state index in [4.69, 9.17) is 5.11 Å². The molecule has 438 valence electrons. The first-order chi connectivity index (χ1) is 37.4. The van der Waals surface area contributed by atoms with Crippen molar-refractivity contribution in [2.24, 2.45) is 0 Å². The number of aryl methyl sites for hydroxylation is 2. The number of thiol groups is 1. The minimum Gasteiger partial charge on any atom is -0.508 e. The molecule has 0 aliphatic rings. The number of aromatic hydroxyl groups is 2. The number of nitrogens with zero attached hydrogens (tertiary/aromatic N) is 2. The molecule has 0 aromatic heterocycles. The first kappa shape index (κ1) is 67.8. The monoisotopic (exact) mass is 1130 g/mol. The fraction of sp³-hybridized carbons (Fsp3) is 0.566. The quantitative estimate of drug-likeness (QED) is 0.0335. The van der Waals surface area contributed by atoms with Gasteiger partial charge in [0.15, 0.2) is 0 Å². The average molecular weight is 1130 g/mol. The largest absolute Gasteiger partial charge is 0.508 e. The lowest BCUT2D eigenvalue weighted by Gasteiger charge is -2.26. The average Bonchev–Trinajstić information content (AvgIpc) is 3.38. The van der Waals surface area contributed by atoms with Gasteiger partial charge in [0.25, 0.3) is 0 Å². The third-order valence-electron chi connectivity index (χ3n) is 12.4. The maximum absolute atomic E-state index is 12.8. The molecular formula is C53H77N7O18S. The number of hydrogen-bond acceptors (Lipinski definition) is 16. The first-order valence-electron chi connectivity index (χ1n) is 26.2. The summed E-state index contributed by atoms with van der Waals surface area (Å²) in [5, 5.41) is 80.6. The van der Waals surface area contributed by atoms with Crippen LogP contribution in [0.2, 0.25) is 0 Å². The third kappa shape index (κ3) is 30.4. The number of carbonyl (C=O) groups excluding carboxylic acids is 6. The summed E-state index contributed by atoms with van der Waals surface area (Å²) in [5.41, 5.74) is 2.26. The van der Waals surface area contributed by atoms with E-state index in [1.54, 1.807) is 24.3 Å². The normalized spacial score (nSPS) is 12.2. The summed E-state index contributed by atoms with van der Waals surface area (Å²) in [7, 11) is 0. The number of nitrogens with one attached hydrogen (secondary N) is 5. The SMILES string of the molecule is CC(=O)NC(CS)C(=O)NCCCC(=O)CCc1ccc(O)c(CN(CCN(CC(=O)O)Cc2cc(CCC(=O)CCCCCCC(=O)NCCCCC(NC(=O)NC(CCC(=O)O)C(=O)O)C(=O)O)ccc2O)CC(=O)O)c1. The first-order valence-corrected chi connectivity index (χ1v) is 26.8. The van der Waals surface area contributed by atoms with Crippen molar-refractivity contribution in [3.63, 3.8) is 0 Å². The van der Waals surface area contributed by atoms with E-state index in [1.165, 1.54) is 28.9 Å². The van der Waals surface area contributed by atoms with Gasteiger partial charge in [0.05, 0.1) is 13.1 Å². The highest BCUT2D eigenvalue weighted by molar-refractivity contribution is 7.80. The Hall–Kier alpha value is -7.32. The lowest BCUT2D eigenvalue weighted by atomic mass is 10.0. The van der Waals surface area contributed by atoms with E-state index in [0.29, 0.717) is 75.3 Å². The van der Waals surface area contributed by atoms with Gasteiger partial charge in [0.2, 0.25) is 17.7 Å². The van der Waals surface area contributed by atoms with Gasteiger partial charge in [-0.3, -0.25) is 48.2 Å². The summed E-state index contributed by atoms with van der Waals surface area (Å²) in [4.78, 5) is 134. The van der Waals surface area contributed by atoms with Gasteiger partial charge in [-0.25, -0.2) is 14.4 Å². The number of aliphatic carboxylic acids is 5. The smallest absolute Gasteiger partial charge is 0.326 e. The maximum atomic E-state index is 12.8. The van der Waals surface area contributed by atoms with Crippen LogP contribution in [0.25, 0.3) is 0 Å². The number of carboxylic acids is 5. The van der Waals surface area contributed by atoms with Crippen LogP contribution in [0, 0.1) is 0 Å². The fourth-order valence-corrected chi connectivity index (χ4v) is 8.44. The molecule has 0 saturated carbocycles. The van der Waals surface area contributed by atoms with E-state index in [1.807, 2.05) is 0 Å². The molecule has 0 saturated heterocycles. The summed E-state index contributed by atoms with van der Waals surface area (Å²) in [6.45, 7) is 0.987. The summed E-state index contributed by atoms with van der Waals surface area (Å²) >= 11 is 4.08. The second-order valence-corrected chi connectivity index (χ2v) is 19.5. The van der Waals surface area contributed by atoms with Crippen molar-refractivity contribution in [2.45, 2.75) is 147 Å². The van der Waals surface area contributed by atoms with E-state index in [2.05, 4.69) is 39.2 Å². The number of rotatable bonds is 43. The van der Waals surface area contributed by atoms with Gasteiger partial charge in [-0.15, -0.1) is 0 Å². The molecule has 79 heavy (non-hydrogen) atoms. The highest BCUT2D eigenvalue weighted by atomic mass is 32.1. The zero-order valence-corrected chi connectivity index (χ0v) is 45.4. The number of Topliss-reactive ketones (excluding diaryl/α,β-unsaturated/α-hetero) is 2. The molecule has 0 radical (unpaired) electrons. The molecule has 2 aromatic carbocycles. The van der Waals surface area contributed by atoms with Gasteiger partial charge in [-0.2, -0.15) is 12.6 Å². The lowest BCUT2D eigenvalue weighted by molar-refractivity contribution is -0.141. The molecule has 25 nitrogen and oxygen atoms in total. The minimum absolute atomic E-state index is 0.00675. The topological polar surface area (TPSA) is 396 Å². The van der Waals surface area contributed by atoms with Crippen LogP contribution in [-0.4, -0.2) is 174 Å². The van der Waals surface area contributed by atoms with Crippen molar-refractivity contribution in [1.29, 1.82) is 0 Å². The van der Waals surface area contributed by atoms with Crippen molar-refractivity contribution in [3.8, 4) is 11.5 Å². The number of amides is 5. The van der Waals surface area contributed by atoms with Crippen molar-refractivity contribution in [1.82, 2.24) is 36.4 Å². The van der Waals surface area contributed by atoms with Crippen LogP contribution in [0.4, 0.5) is 4.79 Å².